The van der Waals surface area contributed by atoms with Gasteiger partial charge in [0.15, 0.2) is 0 Å². The molecule has 3 aromatic carbocycles. The summed E-state index contributed by atoms with van der Waals surface area (Å²) in [4.78, 5) is 19.5. The molecule has 1 N–H and O–H groups in total. The number of halogens is 2. The molecule has 0 spiro atoms. The molecule has 1 aliphatic heterocycles. The summed E-state index contributed by atoms with van der Waals surface area (Å²) in [5, 5.41) is 11.9. The molecule has 1 fully saturated rings. The van der Waals surface area contributed by atoms with Gasteiger partial charge in [0.25, 0.3) is 0 Å². The van der Waals surface area contributed by atoms with Crippen molar-refractivity contribution in [3.63, 3.8) is 0 Å². The molecular weight excluding hydrogens is 473 g/mol. The Morgan fingerprint density at radius 3 is 2.56 bits per heavy atom. The van der Waals surface area contributed by atoms with Crippen molar-refractivity contribution in [3.05, 3.63) is 88.7 Å². The van der Waals surface area contributed by atoms with Crippen LogP contribution in [0.15, 0.2) is 72.8 Å². The van der Waals surface area contributed by atoms with Gasteiger partial charge in [-0.1, -0.05) is 47.5 Å². The zero-order valence-electron chi connectivity index (χ0n) is 18.3. The maximum Gasteiger partial charge on any atom is 0.227 e. The Kier molecular flexibility index (Phi) is 6.46. The minimum atomic E-state index is -0.794. The van der Waals surface area contributed by atoms with Gasteiger partial charge < -0.3 is 19.3 Å². The molecule has 0 unspecified atom stereocenters. The zero-order chi connectivity index (χ0) is 23.7. The van der Waals surface area contributed by atoms with Gasteiger partial charge in [-0.15, -0.1) is 0 Å². The Morgan fingerprint density at radius 2 is 1.76 bits per heavy atom. The molecule has 0 aliphatic carbocycles. The van der Waals surface area contributed by atoms with Gasteiger partial charge >= 0.3 is 0 Å². The number of ether oxygens (including phenoxy) is 1. The molecule has 1 amide bonds. The van der Waals surface area contributed by atoms with E-state index in [1.807, 2.05) is 53.1 Å². The smallest absolute Gasteiger partial charge is 0.227 e. The summed E-state index contributed by atoms with van der Waals surface area (Å²) in [7, 11) is 0. The highest BCUT2D eigenvalue weighted by atomic mass is 35.5. The van der Waals surface area contributed by atoms with Crippen LogP contribution in [-0.2, 0) is 11.3 Å². The molecule has 1 aliphatic rings. The largest absolute Gasteiger partial charge is 0.489 e. The molecule has 0 bridgehead atoms. The number of aliphatic hydroxyl groups is 1. The van der Waals surface area contributed by atoms with Crippen LogP contribution >= 0.6 is 23.2 Å². The first-order valence-corrected chi connectivity index (χ1v) is 11.8. The minimum absolute atomic E-state index is 0.0357. The number of nitrogens with zero attached hydrogens (tertiary/aromatic N) is 3. The van der Waals surface area contributed by atoms with E-state index in [1.54, 1.807) is 29.2 Å². The predicted molar refractivity (Wildman–Crippen MR) is 134 cm³/mol. The molecule has 0 saturated carbocycles. The number of aliphatic hydroxyl groups excluding tert-OH is 1. The second-order valence-corrected chi connectivity index (χ2v) is 9.19. The number of carbonyl (C=O) groups is 1. The number of anilines is 1. The summed E-state index contributed by atoms with van der Waals surface area (Å²) in [6.45, 7) is 0.873. The highest BCUT2D eigenvalue weighted by Gasteiger charge is 2.35. The molecule has 2 heterocycles. The molecule has 6 nitrogen and oxygen atoms in total. The second kappa shape index (κ2) is 9.66. The Balaban J connectivity index is 1.38. The van der Waals surface area contributed by atoms with E-state index in [0.717, 1.165) is 22.5 Å². The number of para-hydroxylation sites is 3. The van der Waals surface area contributed by atoms with Gasteiger partial charge in [-0.25, -0.2) is 4.98 Å². The fourth-order valence-electron chi connectivity index (χ4n) is 4.36. The first-order valence-electron chi connectivity index (χ1n) is 11.1. The van der Waals surface area contributed by atoms with Crippen molar-refractivity contribution in [3.8, 4) is 5.75 Å². The quantitative estimate of drug-likeness (QED) is 0.377. The van der Waals surface area contributed by atoms with Crippen molar-refractivity contribution in [2.75, 3.05) is 18.1 Å². The molecule has 1 aromatic heterocycles. The standard InChI is InChI=1S/C26H23Cl2N3O3/c27-18-9-11-19(12-10-18)30-14-17(13-25(30)33)26-29-22-6-2-3-7-23(22)31(26)15-20(32)16-34-24-8-4-1-5-21(24)28/h1-12,17,20,32H,13-16H2/t17-,20-/m0/s1. The number of benzene rings is 3. The zero-order valence-corrected chi connectivity index (χ0v) is 19.8. The van der Waals surface area contributed by atoms with E-state index in [2.05, 4.69) is 0 Å². The summed E-state index contributed by atoms with van der Waals surface area (Å²) in [5.74, 6) is 1.24. The van der Waals surface area contributed by atoms with Crippen LogP contribution in [0.2, 0.25) is 10.0 Å². The van der Waals surface area contributed by atoms with E-state index in [4.69, 9.17) is 32.9 Å². The number of aromatic nitrogens is 2. The second-order valence-electron chi connectivity index (χ2n) is 8.35. The molecule has 2 atom stereocenters. The van der Waals surface area contributed by atoms with Crippen LogP contribution < -0.4 is 9.64 Å². The summed E-state index contributed by atoms with van der Waals surface area (Å²) in [5.41, 5.74) is 2.55. The number of rotatable bonds is 7. The first kappa shape index (κ1) is 22.7. The van der Waals surface area contributed by atoms with Crippen molar-refractivity contribution in [1.82, 2.24) is 9.55 Å². The molecule has 5 rings (SSSR count). The van der Waals surface area contributed by atoms with E-state index in [-0.39, 0.29) is 25.0 Å². The van der Waals surface area contributed by atoms with Crippen molar-refractivity contribution in [1.29, 1.82) is 0 Å². The molecule has 174 valence electrons. The number of amides is 1. The Bertz CT molecular complexity index is 1320. The molecule has 8 heteroatoms. The van der Waals surface area contributed by atoms with Crippen molar-refractivity contribution >= 4 is 45.8 Å². The molecule has 4 aromatic rings. The number of hydrogen-bond acceptors (Lipinski definition) is 4. The SMILES string of the molecule is O=C1C[C@H](c2nc3ccccc3n2C[C@H](O)COc2ccccc2Cl)CN1c1ccc(Cl)cc1. The van der Waals surface area contributed by atoms with E-state index in [1.165, 1.54) is 0 Å². The third-order valence-corrected chi connectivity index (χ3v) is 6.54. The van der Waals surface area contributed by atoms with Gasteiger partial charge in [0.2, 0.25) is 5.91 Å². The lowest BCUT2D eigenvalue weighted by atomic mass is 10.1. The molecule has 1 saturated heterocycles. The van der Waals surface area contributed by atoms with Crippen LogP contribution in [0, 0.1) is 0 Å². The van der Waals surface area contributed by atoms with Crippen molar-refractivity contribution < 1.29 is 14.6 Å². The number of imidazole rings is 1. The van der Waals surface area contributed by atoms with E-state index in [9.17, 15) is 9.90 Å². The van der Waals surface area contributed by atoms with Gasteiger partial charge in [0.1, 0.15) is 24.3 Å². The summed E-state index contributed by atoms with van der Waals surface area (Å²) >= 11 is 12.2. The van der Waals surface area contributed by atoms with E-state index < -0.39 is 6.10 Å². The average molecular weight is 496 g/mol. The monoisotopic (exact) mass is 495 g/mol. The third kappa shape index (κ3) is 4.62. The van der Waals surface area contributed by atoms with Gasteiger partial charge in [-0.05, 0) is 48.5 Å². The van der Waals surface area contributed by atoms with Crippen molar-refractivity contribution in [2.45, 2.75) is 25.0 Å². The van der Waals surface area contributed by atoms with Crippen LogP contribution in [0.4, 0.5) is 5.69 Å². The lowest BCUT2D eigenvalue weighted by Crippen LogP contribution is -2.26. The molecule has 0 radical (unpaired) electrons. The first-order chi connectivity index (χ1) is 16.5. The number of hydrogen-bond donors (Lipinski definition) is 1. The van der Waals surface area contributed by atoms with Crippen LogP contribution in [0.1, 0.15) is 18.2 Å². The lowest BCUT2D eigenvalue weighted by molar-refractivity contribution is -0.117. The molecule has 34 heavy (non-hydrogen) atoms. The van der Waals surface area contributed by atoms with Gasteiger partial charge in [-0.2, -0.15) is 0 Å². The van der Waals surface area contributed by atoms with E-state index in [0.29, 0.717) is 28.8 Å². The number of carbonyl (C=O) groups excluding carboxylic acids is 1. The maximum absolute atomic E-state index is 12.9. The Morgan fingerprint density at radius 1 is 1.03 bits per heavy atom. The topological polar surface area (TPSA) is 67.6 Å². The van der Waals surface area contributed by atoms with Crippen LogP contribution in [0.25, 0.3) is 11.0 Å². The third-order valence-electron chi connectivity index (χ3n) is 5.97. The van der Waals surface area contributed by atoms with Gasteiger partial charge in [0, 0.05) is 29.6 Å². The van der Waals surface area contributed by atoms with E-state index >= 15 is 0 Å². The van der Waals surface area contributed by atoms with Crippen LogP contribution in [0.5, 0.6) is 5.75 Å². The maximum atomic E-state index is 12.9. The summed E-state index contributed by atoms with van der Waals surface area (Å²) < 4.78 is 7.74. The highest BCUT2D eigenvalue weighted by Crippen LogP contribution is 2.34. The molecular formula is C26H23Cl2N3O3. The normalized spacial score (nSPS) is 16.9. The summed E-state index contributed by atoms with van der Waals surface area (Å²) in [6.07, 6.45) is -0.449. The fourth-order valence-corrected chi connectivity index (χ4v) is 4.68. The van der Waals surface area contributed by atoms with Crippen LogP contribution in [0.3, 0.4) is 0 Å². The van der Waals surface area contributed by atoms with Gasteiger partial charge in [-0.3, -0.25) is 4.79 Å². The average Bonchev–Trinajstić information content (AvgIpc) is 3.40. The fraction of sp³-hybridized carbons (Fsp3) is 0.231. The number of fused-ring (bicyclic) bond motifs is 1. The Hall–Kier alpha value is -3.06. The predicted octanol–water partition coefficient (Wildman–Crippen LogP) is 5.30. The van der Waals surface area contributed by atoms with Gasteiger partial charge in [0.05, 0.1) is 22.6 Å². The minimum Gasteiger partial charge on any atom is -0.489 e. The van der Waals surface area contributed by atoms with Crippen LogP contribution in [-0.4, -0.2) is 39.8 Å². The Labute approximate surface area is 207 Å². The highest BCUT2D eigenvalue weighted by molar-refractivity contribution is 6.32. The van der Waals surface area contributed by atoms with Crippen molar-refractivity contribution in [2.24, 2.45) is 0 Å². The lowest BCUT2D eigenvalue weighted by Gasteiger charge is -2.19. The summed E-state index contributed by atoms with van der Waals surface area (Å²) in [6, 6.07) is 22.2.